The fourth-order valence-corrected chi connectivity index (χ4v) is 7.84. The highest BCUT2D eigenvalue weighted by Crippen LogP contribution is 2.49. The zero-order valence-electron chi connectivity index (χ0n) is 25.6. The number of benzene rings is 9. The average molecular weight is 597 g/mol. The van der Waals surface area contributed by atoms with Gasteiger partial charge in [-0.15, -0.1) is 0 Å². The molecule has 0 atom stereocenters. The molecule has 0 aliphatic rings. The van der Waals surface area contributed by atoms with Gasteiger partial charge in [0.2, 0.25) is 0 Å². The molecule has 10 rings (SSSR count). The number of para-hydroxylation sites is 1. The van der Waals surface area contributed by atoms with E-state index in [4.69, 9.17) is 4.42 Å². The van der Waals surface area contributed by atoms with Crippen LogP contribution >= 0.6 is 0 Å². The molecule has 0 aliphatic heterocycles. The molecule has 10 aromatic rings. The Bertz CT molecular complexity index is 2790. The summed E-state index contributed by atoms with van der Waals surface area (Å²) in [5.41, 5.74) is 9.25. The van der Waals surface area contributed by atoms with Gasteiger partial charge in [0.25, 0.3) is 0 Å². The fourth-order valence-electron chi connectivity index (χ4n) is 7.84. The van der Waals surface area contributed by atoms with Crippen LogP contribution in [0.3, 0.4) is 0 Å². The molecule has 1 nitrogen and oxygen atoms in total. The maximum atomic E-state index is 6.53. The molecule has 0 unspecified atom stereocenters. The molecule has 47 heavy (non-hydrogen) atoms. The highest BCUT2D eigenvalue weighted by molar-refractivity contribution is 6.30. The van der Waals surface area contributed by atoms with E-state index < -0.39 is 0 Å². The van der Waals surface area contributed by atoms with Crippen molar-refractivity contribution in [2.75, 3.05) is 0 Å². The molecule has 0 fully saturated rings. The molecule has 1 heteroatoms. The first-order chi connectivity index (χ1) is 23.3. The zero-order chi connectivity index (χ0) is 30.9. The van der Waals surface area contributed by atoms with Gasteiger partial charge >= 0.3 is 0 Å². The highest BCUT2D eigenvalue weighted by atomic mass is 16.3. The average Bonchev–Trinajstić information content (AvgIpc) is 3.51. The normalized spacial score (nSPS) is 11.8. The number of fused-ring (bicyclic) bond motifs is 7. The van der Waals surface area contributed by atoms with Crippen LogP contribution in [-0.4, -0.2) is 0 Å². The van der Waals surface area contributed by atoms with Crippen molar-refractivity contribution in [2.45, 2.75) is 0 Å². The van der Waals surface area contributed by atoms with Gasteiger partial charge in [0.05, 0.1) is 0 Å². The molecule has 0 saturated carbocycles. The maximum absolute atomic E-state index is 6.53. The van der Waals surface area contributed by atoms with Gasteiger partial charge in [0.15, 0.2) is 0 Å². The van der Waals surface area contributed by atoms with Crippen molar-refractivity contribution in [2.24, 2.45) is 0 Å². The number of furan rings is 1. The van der Waals surface area contributed by atoms with Gasteiger partial charge in [-0.1, -0.05) is 152 Å². The first-order valence-corrected chi connectivity index (χ1v) is 16.2. The van der Waals surface area contributed by atoms with E-state index in [2.05, 4.69) is 170 Å². The first-order valence-electron chi connectivity index (χ1n) is 16.2. The second-order valence-corrected chi connectivity index (χ2v) is 12.4. The smallest absolute Gasteiger partial charge is 0.136 e. The lowest BCUT2D eigenvalue weighted by atomic mass is 9.83. The third-order valence-corrected chi connectivity index (χ3v) is 9.82. The molecule has 0 amide bonds. The van der Waals surface area contributed by atoms with E-state index in [-0.39, 0.29) is 0 Å². The third kappa shape index (κ3) is 3.90. The molecule has 0 saturated heterocycles. The Morgan fingerprint density at radius 1 is 0.298 bits per heavy atom. The van der Waals surface area contributed by atoms with Crippen LogP contribution in [0.15, 0.2) is 174 Å². The molecular formula is C46H28O. The summed E-state index contributed by atoms with van der Waals surface area (Å²) in [5, 5.41) is 12.2. The van der Waals surface area contributed by atoms with Crippen LogP contribution in [0.2, 0.25) is 0 Å². The van der Waals surface area contributed by atoms with Crippen LogP contribution in [0.5, 0.6) is 0 Å². The van der Waals surface area contributed by atoms with E-state index in [0.29, 0.717) is 0 Å². The predicted molar refractivity (Wildman–Crippen MR) is 200 cm³/mol. The Labute approximate surface area is 271 Å². The standard InChI is InChI=1S/C46H28O/c1-3-18-33-29(13-1)15-12-25-34(33)30-16-11-17-32(27-30)43-36-20-5-7-22-38(36)44(39-23-8-6-21-37(39)43)46-35-19-4-2-14-31(35)28-42-45(46)40-24-9-10-26-41(40)47-42/h1-28H. The summed E-state index contributed by atoms with van der Waals surface area (Å²) in [5.74, 6) is 0. The summed E-state index contributed by atoms with van der Waals surface area (Å²) in [6.45, 7) is 0. The molecule has 0 N–H and O–H groups in total. The molecule has 1 aromatic heterocycles. The van der Waals surface area contributed by atoms with Crippen molar-refractivity contribution in [1.82, 2.24) is 0 Å². The molecule has 9 aromatic carbocycles. The summed E-state index contributed by atoms with van der Waals surface area (Å²) >= 11 is 0. The van der Waals surface area contributed by atoms with Crippen LogP contribution in [0.1, 0.15) is 0 Å². The SMILES string of the molecule is c1cc(-c2cccc3ccccc23)cc(-c2c3ccccc3c(-c3c4ccccc4cc4oc5ccccc5c34)c3ccccc23)c1. The molecule has 0 spiro atoms. The minimum Gasteiger partial charge on any atom is -0.456 e. The second-order valence-electron chi connectivity index (χ2n) is 12.4. The Morgan fingerprint density at radius 2 is 0.830 bits per heavy atom. The lowest BCUT2D eigenvalue weighted by Crippen LogP contribution is -1.93. The van der Waals surface area contributed by atoms with E-state index in [1.54, 1.807) is 0 Å². The Kier molecular flexibility index (Phi) is 5.64. The van der Waals surface area contributed by atoms with Crippen LogP contribution in [0, 0.1) is 0 Å². The molecule has 0 bridgehead atoms. The number of hydrogen-bond donors (Lipinski definition) is 0. The lowest BCUT2D eigenvalue weighted by molar-refractivity contribution is 0.669. The van der Waals surface area contributed by atoms with E-state index in [1.165, 1.54) is 81.9 Å². The van der Waals surface area contributed by atoms with Gasteiger partial charge < -0.3 is 4.42 Å². The van der Waals surface area contributed by atoms with Crippen LogP contribution < -0.4 is 0 Å². The summed E-state index contributed by atoms with van der Waals surface area (Å²) in [7, 11) is 0. The van der Waals surface area contributed by atoms with Crippen molar-refractivity contribution < 1.29 is 4.42 Å². The Morgan fingerprint density at radius 3 is 1.57 bits per heavy atom. The highest BCUT2D eigenvalue weighted by Gasteiger charge is 2.22. The summed E-state index contributed by atoms with van der Waals surface area (Å²) in [6, 6.07) is 61.5. The largest absolute Gasteiger partial charge is 0.456 e. The monoisotopic (exact) mass is 596 g/mol. The van der Waals surface area contributed by atoms with Crippen LogP contribution in [0.25, 0.3) is 98.4 Å². The van der Waals surface area contributed by atoms with Gasteiger partial charge in [-0.25, -0.2) is 0 Å². The summed E-state index contributed by atoms with van der Waals surface area (Å²) in [6.07, 6.45) is 0. The first kappa shape index (κ1) is 26.1. The van der Waals surface area contributed by atoms with Crippen molar-refractivity contribution >= 4 is 65.0 Å². The van der Waals surface area contributed by atoms with E-state index in [0.717, 1.165) is 16.6 Å². The topological polar surface area (TPSA) is 13.1 Å². The zero-order valence-corrected chi connectivity index (χ0v) is 25.6. The van der Waals surface area contributed by atoms with Crippen LogP contribution in [-0.2, 0) is 0 Å². The second kappa shape index (κ2) is 10.2. The van der Waals surface area contributed by atoms with Gasteiger partial charge in [-0.2, -0.15) is 0 Å². The fraction of sp³-hybridized carbons (Fsp3) is 0. The van der Waals surface area contributed by atoms with Crippen molar-refractivity contribution in [3.63, 3.8) is 0 Å². The van der Waals surface area contributed by atoms with E-state index in [1.807, 2.05) is 0 Å². The minimum atomic E-state index is 0.912. The van der Waals surface area contributed by atoms with Crippen molar-refractivity contribution in [3.05, 3.63) is 170 Å². The van der Waals surface area contributed by atoms with Gasteiger partial charge in [0, 0.05) is 16.3 Å². The Balaban J connectivity index is 1.34. The molecule has 0 aliphatic carbocycles. The van der Waals surface area contributed by atoms with Crippen molar-refractivity contribution in [1.29, 1.82) is 0 Å². The third-order valence-electron chi connectivity index (χ3n) is 9.82. The predicted octanol–water partition coefficient (Wildman–Crippen LogP) is 13.2. The quantitative estimate of drug-likeness (QED) is 0.185. The molecule has 0 radical (unpaired) electrons. The van der Waals surface area contributed by atoms with E-state index >= 15 is 0 Å². The number of rotatable bonds is 3. The Hall–Kier alpha value is -6.18. The molecule has 1 heterocycles. The maximum Gasteiger partial charge on any atom is 0.136 e. The van der Waals surface area contributed by atoms with E-state index in [9.17, 15) is 0 Å². The van der Waals surface area contributed by atoms with Crippen LogP contribution in [0.4, 0.5) is 0 Å². The molecule has 218 valence electrons. The van der Waals surface area contributed by atoms with Gasteiger partial charge in [-0.05, 0) is 89.1 Å². The number of hydrogen-bond acceptors (Lipinski definition) is 1. The lowest BCUT2D eigenvalue weighted by Gasteiger charge is -2.20. The minimum absolute atomic E-state index is 0.912. The van der Waals surface area contributed by atoms with Gasteiger partial charge in [0.1, 0.15) is 11.2 Å². The van der Waals surface area contributed by atoms with Crippen molar-refractivity contribution in [3.8, 4) is 33.4 Å². The van der Waals surface area contributed by atoms with Gasteiger partial charge in [-0.3, -0.25) is 0 Å². The summed E-state index contributed by atoms with van der Waals surface area (Å²) < 4.78 is 6.53. The molecular weight excluding hydrogens is 569 g/mol. The summed E-state index contributed by atoms with van der Waals surface area (Å²) in [4.78, 5) is 0.